The molecule has 1 amide bonds. The number of likely N-dealkylation sites (tertiary alicyclic amines) is 1. The lowest BCUT2D eigenvalue weighted by atomic mass is 9.79. The molecular weight excluding hydrogens is 248 g/mol. The van der Waals surface area contributed by atoms with Crippen LogP contribution in [0.2, 0.25) is 0 Å². The highest BCUT2D eigenvalue weighted by atomic mass is 16.2. The molecule has 0 spiro atoms. The molecule has 3 heteroatoms. The molecule has 1 saturated carbocycles. The van der Waals surface area contributed by atoms with E-state index in [1.807, 2.05) is 0 Å². The summed E-state index contributed by atoms with van der Waals surface area (Å²) < 4.78 is 0. The summed E-state index contributed by atoms with van der Waals surface area (Å²) in [4.78, 5) is 14.2. The monoisotopic (exact) mass is 280 g/mol. The van der Waals surface area contributed by atoms with Gasteiger partial charge < -0.3 is 10.2 Å². The van der Waals surface area contributed by atoms with E-state index in [1.165, 1.54) is 44.9 Å². The largest absolute Gasteiger partial charge is 0.343 e. The second-order valence-electron chi connectivity index (χ2n) is 7.01. The number of carbonyl (C=O) groups excluding carboxylic acids is 1. The number of hydrogen-bond acceptors (Lipinski definition) is 2. The number of hydrogen-bond donors (Lipinski definition) is 1. The van der Waals surface area contributed by atoms with Crippen LogP contribution >= 0.6 is 0 Å². The van der Waals surface area contributed by atoms with E-state index in [1.54, 1.807) is 0 Å². The SMILES string of the molecule is CC(C)C1CCCC(NCCC(=O)N2CCCCC2)C1. The first-order valence-electron chi connectivity index (χ1n) is 8.68. The van der Waals surface area contributed by atoms with E-state index in [-0.39, 0.29) is 0 Å². The average molecular weight is 280 g/mol. The van der Waals surface area contributed by atoms with Gasteiger partial charge in [0.05, 0.1) is 0 Å². The predicted octanol–water partition coefficient (Wildman–Crippen LogP) is 3.19. The predicted molar refractivity (Wildman–Crippen MR) is 83.6 cm³/mol. The van der Waals surface area contributed by atoms with Gasteiger partial charge in [0, 0.05) is 32.1 Å². The van der Waals surface area contributed by atoms with E-state index < -0.39 is 0 Å². The van der Waals surface area contributed by atoms with Gasteiger partial charge in [-0.1, -0.05) is 26.7 Å². The van der Waals surface area contributed by atoms with Gasteiger partial charge in [0.25, 0.3) is 0 Å². The summed E-state index contributed by atoms with van der Waals surface area (Å²) in [6, 6.07) is 0.644. The fourth-order valence-corrected chi connectivity index (χ4v) is 3.70. The lowest BCUT2D eigenvalue weighted by Gasteiger charge is -2.32. The maximum Gasteiger partial charge on any atom is 0.223 e. The minimum absolute atomic E-state index is 0.355. The third-order valence-electron chi connectivity index (χ3n) is 5.14. The van der Waals surface area contributed by atoms with Crippen LogP contribution < -0.4 is 5.32 Å². The number of nitrogens with one attached hydrogen (secondary N) is 1. The summed E-state index contributed by atoms with van der Waals surface area (Å²) in [6.07, 6.45) is 9.69. The Morgan fingerprint density at radius 2 is 1.90 bits per heavy atom. The molecule has 2 unspecified atom stereocenters. The molecule has 20 heavy (non-hydrogen) atoms. The average Bonchev–Trinajstić information content (AvgIpc) is 2.48. The minimum atomic E-state index is 0.355. The topological polar surface area (TPSA) is 32.3 Å². The zero-order valence-corrected chi connectivity index (χ0v) is 13.4. The Balaban J connectivity index is 1.63. The molecule has 1 aliphatic carbocycles. The van der Waals surface area contributed by atoms with Gasteiger partial charge in [-0.25, -0.2) is 0 Å². The Bertz CT molecular complexity index is 297. The molecule has 0 radical (unpaired) electrons. The second kappa shape index (κ2) is 8.02. The molecule has 0 aromatic heterocycles. The van der Waals surface area contributed by atoms with E-state index in [0.717, 1.165) is 31.5 Å². The van der Waals surface area contributed by atoms with Gasteiger partial charge in [0.1, 0.15) is 0 Å². The van der Waals surface area contributed by atoms with Crippen LogP contribution in [0.15, 0.2) is 0 Å². The van der Waals surface area contributed by atoms with Crippen molar-refractivity contribution in [3.8, 4) is 0 Å². The first kappa shape index (κ1) is 15.8. The first-order valence-corrected chi connectivity index (χ1v) is 8.68. The molecule has 3 nitrogen and oxygen atoms in total. The minimum Gasteiger partial charge on any atom is -0.343 e. The standard InChI is InChI=1S/C17H32N2O/c1-14(2)15-7-6-8-16(13-15)18-10-9-17(20)19-11-4-3-5-12-19/h14-16,18H,3-13H2,1-2H3. The highest BCUT2D eigenvalue weighted by molar-refractivity contribution is 5.76. The van der Waals surface area contributed by atoms with Gasteiger partial charge in [0.2, 0.25) is 5.91 Å². The third kappa shape index (κ3) is 4.76. The van der Waals surface area contributed by atoms with Crippen LogP contribution in [0, 0.1) is 11.8 Å². The van der Waals surface area contributed by atoms with Crippen molar-refractivity contribution in [1.29, 1.82) is 0 Å². The fourth-order valence-electron chi connectivity index (χ4n) is 3.70. The molecule has 1 N–H and O–H groups in total. The molecule has 2 fully saturated rings. The molecule has 0 aromatic rings. The van der Waals surface area contributed by atoms with Crippen LogP contribution in [0.3, 0.4) is 0 Å². The number of piperidine rings is 1. The van der Waals surface area contributed by atoms with Crippen molar-refractivity contribution >= 4 is 5.91 Å². The van der Waals surface area contributed by atoms with Gasteiger partial charge >= 0.3 is 0 Å². The van der Waals surface area contributed by atoms with Crippen molar-refractivity contribution in [3.05, 3.63) is 0 Å². The molecule has 2 aliphatic rings. The zero-order valence-electron chi connectivity index (χ0n) is 13.4. The number of rotatable bonds is 5. The van der Waals surface area contributed by atoms with Gasteiger partial charge in [-0.3, -0.25) is 4.79 Å². The Labute approximate surface area is 124 Å². The van der Waals surface area contributed by atoms with E-state index >= 15 is 0 Å². The Morgan fingerprint density at radius 3 is 2.60 bits per heavy atom. The molecule has 116 valence electrons. The van der Waals surface area contributed by atoms with E-state index in [0.29, 0.717) is 18.4 Å². The van der Waals surface area contributed by atoms with Gasteiger partial charge in [0.15, 0.2) is 0 Å². The van der Waals surface area contributed by atoms with Crippen LogP contribution in [0.5, 0.6) is 0 Å². The number of amides is 1. The van der Waals surface area contributed by atoms with Crippen molar-refractivity contribution in [1.82, 2.24) is 10.2 Å². The number of nitrogens with zero attached hydrogens (tertiary/aromatic N) is 1. The van der Waals surface area contributed by atoms with Crippen molar-refractivity contribution in [2.24, 2.45) is 11.8 Å². The summed E-state index contributed by atoms with van der Waals surface area (Å²) in [5.41, 5.74) is 0. The molecule has 1 aliphatic heterocycles. The lowest BCUT2D eigenvalue weighted by Crippen LogP contribution is -2.40. The van der Waals surface area contributed by atoms with Gasteiger partial charge in [-0.05, 0) is 43.9 Å². The maximum absolute atomic E-state index is 12.1. The third-order valence-corrected chi connectivity index (χ3v) is 5.14. The lowest BCUT2D eigenvalue weighted by molar-refractivity contribution is -0.132. The highest BCUT2D eigenvalue weighted by Crippen LogP contribution is 2.29. The smallest absolute Gasteiger partial charge is 0.223 e. The summed E-state index contributed by atoms with van der Waals surface area (Å²) in [6.45, 7) is 7.51. The summed E-state index contributed by atoms with van der Waals surface area (Å²) >= 11 is 0. The van der Waals surface area contributed by atoms with Crippen molar-refractivity contribution in [2.75, 3.05) is 19.6 Å². The quantitative estimate of drug-likeness (QED) is 0.839. The Hall–Kier alpha value is -0.570. The Morgan fingerprint density at radius 1 is 1.15 bits per heavy atom. The van der Waals surface area contributed by atoms with E-state index in [4.69, 9.17) is 0 Å². The summed E-state index contributed by atoms with van der Waals surface area (Å²) in [7, 11) is 0. The summed E-state index contributed by atoms with van der Waals surface area (Å²) in [5.74, 6) is 2.03. The van der Waals surface area contributed by atoms with Crippen molar-refractivity contribution in [3.63, 3.8) is 0 Å². The van der Waals surface area contributed by atoms with Crippen LogP contribution in [-0.2, 0) is 4.79 Å². The fraction of sp³-hybridized carbons (Fsp3) is 0.941. The van der Waals surface area contributed by atoms with Crippen LogP contribution in [0.4, 0.5) is 0 Å². The summed E-state index contributed by atoms with van der Waals surface area (Å²) in [5, 5.41) is 3.63. The number of carbonyl (C=O) groups is 1. The second-order valence-corrected chi connectivity index (χ2v) is 7.01. The van der Waals surface area contributed by atoms with Gasteiger partial charge in [-0.2, -0.15) is 0 Å². The molecule has 2 atom stereocenters. The molecular formula is C17H32N2O. The Kier molecular flexibility index (Phi) is 6.34. The molecule has 2 rings (SSSR count). The normalized spacial score (nSPS) is 27.9. The molecule has 0 aromatic carbocycles. The van der Waals surface area contributed by atoms with Crippen LogP contribution in [0.1, 0.15) is 65.2 Å². The van der Waals surface area contributed by atoms with Crippen LogP contribution in [-0.4, -0.2) is 36.5 Å². The van der Waals surface area contributed by atoms with Crippen molar-refractivity contribution < 1.29 is 4.79 Å². The first-order chi connectivity index (χ1) is 9.66. The highest BCUT2D eigenvalue weighted by Gasteiger charge is 2.24. The molecule has 1 heterocycles. The van der Waals surface area contributed by atoms with E-state index in [2.05, 4.69) is 24.1 Å². The van der Waals surface area contributed by atoms with Gasteiger partial charge in [-0.15, -0.1) is 0 Å². The van der Waals surface area contributed by atoms with E-state index in [9.17, 15) is 4.79 Å². The zero-order chi connectivity index (χ0) is 14.4. The van der Waals surface area contributed by atoms with Crippen molar-refractivity contribution in [2.45, 2.75) is 71.3 Å². The molecule has 0 bridgehead atoms. The van der Waals surface area contributed by atoms with Crippen LogP contribution in [0.25, 0.3) is 0 Å². The molecule has 1 saturated heterocycles. The maximum atomic E-state index is 12.1.